The fraction of sp³-hybridized carbons (Fsp3) is 0.400. The van der Waals surface area contributed by atoms with E-state index in [-0.39, 0.29) is 0 Å². The van der Waals surface area contributed by atoms with Gasteiger partial charge >= 0.3 is 0 Å². The minimum Gasteiger partial charge on any atom is -0.376 e. The van der Waals surface area contributed by atoms with Gasteiger partial charge in [-0.15, -0.1) is 0 Å². The SMILES string of the molecule is Cc1cc(C2=NNC(=Nc3ccccc3Cl)SC2)c(C)n1CC1CCCO1. The number of hydrazone groups is 1. The predicted molar refractivity (Wildman–Crippen MR) is 114 cm³/mol. The second kappa shape index (κ2) is 8.09. The molecule has 1 fully saturated rings. The maximum Gasteiger partial charge on any atom is 0.182 e. The molecule has 0 aliphatic carbocycles. The first-order valence-corrected chi connectivity index (χ1v) is 10.6. The number of benzene rings is 1. The average Bonchev–Trinajstić information content (AvgIpc) is 3.28. The van der Waals surface area contributed by atoms with Crippen LogP contribution in [0.25, 0.3) is 0 Å². The summed E-state index contributed by atoms with van der Waals surface area (Å²) in [5, 5.41) is 5.98. The Morgan fingerprint density at radius 1 is 1.37 bits per heavy atom. The fourth-order valence-corrected chi connectivity index (χ4v) is 4.47. The van der Waals surface area contributed by atoms with Crippen molar-refractivity contribution in [2.24, 2.45) is 10.1 Å². The van der Waals surface area contributed by atoms with Crippen molar-refractivity contribution >= 4 is 39.9 Å². The van der Waals surface area contributed by atoms with Gasteiger partial charge in [-0.25, -0.2) is 4.99 Å². The Morgan fingerprint density at radius 3 is 2.93 bits per heavy atom. The van der Waals surface area contributed by atoms with Crippen molar-refractivity contribution in [2.45, 2.75) is 39.3 Å². The van der Waals surface area contributed by atoms with Gasteiger partial charge in [-0.1, -0.05) is 35.5 Å². The third kappa shape index (κ3) is 4.08. The first-order valence-electron chi connectivity index (χ1n) is 9.19. The van der Waals surface area contributed by atoms with Gasteiger partial charge < -0.3 is 9.30 Å². The molecule has 2 aromatic rings. The summed E-state index contributed by atoms with van der Waals surface area (Å²) >= 11 is 7.83. The van der Waals surface area contributed by atoms with Crippen LogP contribution in [0, 0.1) is 13.8 Å². The van der Waals surface area contributed by atoms with Gasteiger partial charge in [0, 0.05) is 35.9 Å². The Kier molecular flexibility index (Phi) is 5.57. The van der Waals surface area contributed by atoms with E-state index >= 15 is 0 Å². The number of aliphatic imine (C=N–C) groups is 1. The molecule has 3 heterocycles. The minimum absolute atomic E-state index is 0.331. The van der Waals surface area contributed by atoms with Gasteiger partial charge in [0.25, 0.3) is 0 Å². The molecule has 27 heavy (non-hydrogen) atoms. The Labute approximate surface area is 168 Å². The largest absolute Gasteiger partial charge is 0.376 e. The molecule has 142 valence electrons. The van der Waals surface area contributed by atoms with Crippen LogP contribution in [-0.2, 0) is 11.3 Å². The van der Waals surface area contributed by atoms with E-state index in [0.29, 0.717) is 11.1 Å². The number of hydrogen-bond donors (Lipinski definition) is 1. The van der Waals surface area contributed by atoms with Crippen molar-refractivity contribution < 1.29 is 4.74 Å². The zero-order chi connectivity index (χ0) is 18.8. The molecule has 1 aromatic heterocycles. The van der Waals surface area contributed by atoms with Crippen molar-refractivity contribution in [3.8, 4) is 0 Å². The summed E-state index contributed by atoms with van der Waals surface area (Å²) in [6.45, 7) is 6.12. The molecule has 1 saturated heterocycles. The quantitative estimate of drug-likeness (QED) is 0.808. The molecule has 7 heteroatoms. The van der Waals surface area contributed by atoms with Crippen LogP contribution >= 0.6 is 23.4 Å². The number of thioether (sulfide) groups is 1. The lowest BCUT2D eigenvalue weighted by atomic mass is 10.1. The van der Waals surface area contributed by atoms with Crippen LogP contribution in [-0.4, -0.2) is 33.9 Å². The molecule has 0 spiro atoms. The van der Waals surface area contributed by atoms with Gasteiger partial charge in [-0.05, 0) is 44.9 Å². The van der Waals surface area contributed by atoms with Crippen LogP contribution < -0.4 is 5.43 Å². The zero-order valence-corrected chi connectivity index (χ0v) is 17.1. The lowest BCUT2D eigenvalue weighted by Gasteiger charge is -2.17. The van der Waals surface area contributed by atoms with E-state index in [9.17, 15) is 0 Å². The van der Waals surface area contributed by atoms with Crippen LogP contribution in [0.4, 0.5) is 5.69 Å². The molecule has 2 aliphatic rings. The van der Waals surface area contributed by atoms with Gasteiger partial charge in [-0.3, -0.25) is 5.43 Å². The number of nitrogens with one attached hydrogen (secondary N) is 1. The Hall–Kier alpha value is -1.76. The number of aryl methyl sites for hydroxylation is 1. The van der Waals surface area contributed by atoms with Crippen LogP contribution in [0.15, 0.2) is 40.4 Å². The number of amidine groups is 1. The predicted octanol–water partition coefficient (Wildman–Crippen LogP) is 4.67. The molecule has 4 rings (SSSR count). The Bertz CT molecular complexity index is 899. The third-order valence-electron chi connectivity index (χ3n) is 5.00. The Morgan fingerprint density at radius 2 is 2.22 bits per heavy atom. The molecule has 5 nitrogen and oxygen atoms in total. The molecule has 0 saturated carbocycles. The molecule has 0 bridgehead atoms. The van der Waals surface area contributed by atoms with E-state index in [0.717, 1.165) is 48.3 Å². The molecule has 0 radical (unpaired) electrons. The molecule has 1 aromatic carbocycles. The highest BCUT2D eigenvalue weighted by molar-refractivity contribution is 8.14. The van der Waals surface area contributed by atoms with Gasteiger partial charge in [0.1, 0.15) is 0 Å². The van der Waals surface area contributed by atoms with E-state index in [2.05, 4.69) is 40.0 Å². The van der Waals surface area contributed by atoms with Crippen molar-refractivity contribution in [3.63, 3.8) is 0 Å². The van der Waals surface area contributed by atoms with Gasteiger partial charge in [0.05, 0.1) is 22.5 Å². The number of para-hydroxylation sites is 1. The van der Waals surface area contributed by atoms with E-state index in [1.54, 1.807) is 11.8 Å². The maximum atomic E-state index is 6.19. The summed E-state index contributed by atoms with van der Waals surface area (Å²) in [6.07, 6.45) is 2.64. The molecule has 1 atom stereocenters. The number of rotatable bonds is 4. The number of nitrogens with zero attached hydrogens (tertiary/aromatic N) is 3. The molecule has 1 N–H and O–H groups in total. The van der Waals surface area contributed by atoms with Crippen molar-refractivity contribution in [1.82, 2.24) is 9.99 Å². The van der Waals surface area contributed by atoms with E-state index in [1.165, 1.54) is 17.0 Å². The average molecular weight is 403 g/mol. The van der Waals surface area contributed by atoms with Crippen LogP contribution in [0.1, 0.15) is 29.8 Å². The topological polar surface area (TPSA) is 50.9 Å². The van der Waals surface area contributed by atoms with Crippen LogP contribution in [0.5, 0.6) is 0 Å². The molecule has 1 unspecified atom stereocenters. The fourth-order valence-electron chi connectivity index (χ4n) is 3.53. The third-order valence-corrected chi connectivity index (χ3v) is 6.19. The highest BCUT2D eigenvalue weighted by Crippen LogP contribution is 2.27. The second-order valence-corrected chi connectivity index (χ2v) is 8.23. The summed E-state index contributed by atoms with van der Waals surface area (Å²) in [6, 6.07) is 9.79. The summed E-state index contributed by atoms with van der Waals surface area (Å²) in [5.74, 6) is 0.778. The highest BCUT2D eigenvalue weighted by Gasteiger charge is 2.22. The smallest absolute Gasteiger partial charge is 0.182 e. The molecular formula is C20H23ClN4OS. The Balaban J connectivity index is 1.52. The van der Waals surface area contributed by atoms with Gasteiger partial charge in [-0.2, -0.15) is 5.10 Å². The normalized spacial score (nSPS) is 21.4. The first kappa shape index (κ1) is 18.6. The number of ether oxygens (including phenoxy) is 1. The van der Waals surface area contributed by atoms with E-state index in [1.807, 2.05) is 24.3 Å². The highest BCUT2D eigenvalue weighted by atomic mass is 35.5. The van der Waals surface area contributed by atoms with Crippen molar-refractivity contribution in [1.29, 1.82) is 0 Å². The maximum absolute atomic E-state index is 6.19. The minimum atomic E-state index is 0.331. The summed E-state index contributed by atoms with van der Waals surface area (Å²) in [4.78, 5) is 4.57. The zero-order valence-electron chi connectivity index (χ0n) is 15.5. The molecule has 0 amide bonds. The molecular weight excluding hydrogens is 380 g/mol. The van der Waals surface area contributed by atoms with Crippen LogP contribution in [0.2, 0.25) is 5.02 Å². The molecule has 2 aliphatic heterocycles. The lowest BCUT2D eigenvalue weighted by molar-refractivity contribution is 0.0962. The van der Waals surface area contributed by atoms with Gasteiger partial charge in [0.15, 0.2) is 5.17 Å². The van der Waals surface area contributed by atoms with E-state index in [4.69, 9.17) is 16.3 Å². The number of aromatic nitrogens is 1. The number of hydrogen-bond acceptors (Lipinski definition) is 4. The summed E-state index contributed by atoms with van der Waals surface area (Å²) in [5.41, 5.74) is 8.57. The van der Waals surface area contributed by atoms with Gasteiger partial charge in [0.2, 0.25) is 0 Å². The monoisotopic (exact) mass is 402 g/mol. The lowest BCUT2D eigenvalue weighted by Crippen LogP contribution is -2.25. The standard InChI is InChI=1S/C20H23ClN4OS/c1-13-10-16(14(2)25(13)11-15-6-5-9-26-15)19-12-27-20(24-23-19)22-18-8-4-3-7-17(18)21/h3-4,7-8,10,15H,5-6,9,11-12H2,1-2H3,(H,22,24). The van der Waals surface area contributed by atoms with E-state index < -0.39 is 0 Å². The van der Waals surface area contributed by atoms with Crippen molar-refractivity contribution in [3.05, 3.63) is 52.3 Å². The first-order chi connectivity index (χ1) is 13.1. The van der Waals surface area contributed by atoms with Crippen molar-refractivity contribution in [2.75, 3.05) is 12.4 Å². The summed E-state index contributed by atoms with van der Waals surface area (Å²) in [7, 11) is 0. The summed E-state index contributed by atoms with van der Waals surface area (Å²) < 4.78 is 8.16. The van der Waals surface area contributed by atoms with Crippen LogP contribution in [0.3, 0.4) is 0 Å². The second-order valence-electron chi connectivity index (χ2n) is 6.86. The number of halogens is 1.